The summed E-state index contributed by atoms with van der Waals surface area (Å²) in [5, 5.41) is 8.92. The summed E-state index contributed by atoms with van der Waals surface area (Å²) in [6.45, 7) is 7.30. The Morgan fingerprint density at radius 3 is 2.33 bits per heavy atom. The maximum absolute atomic E-state index is 12.1. The highest BCUT2D eigenvalue weighted by molar-refractivity contribution is 5.78. The Balaban J connectivity index is 2.41. The fourth-order valence-electron chi connectivity index (χ4n) is 2.37. The molecular weight excluding hydrogens is 232 g/mol. The Bertz CT molecular complexity index is 288. The van der Waals surface area contributed by atoms with Crippen LogP contribution in [0.3, 0.4) is 0 Å². The molecule has 1 fully saturated rings. The number of likely N-dealkylation sites (tertiary alicyclic amines) is 1. The third-order valence-corrected chi connectivity index (χ3v) is 3.32. The van der Waals surface area contributed by atoms with Crippen molar-refractivity contribution in [3.63, 3.8) is 0 Å². The van der Waals surface area contributed by atoms with Gasteiger partial charge in [0.25, 0.3) is 0 Å². The first-order valence-electron chi connectivity index (χ1n) is 6.81. The lowest BCUT2D eigenvalue weighted by atomic mass is 10.1. The van der Waals surface area contributed by atoms with E-state index in [-0.39, 0.29) is 11.8 Å². The lowest BCUT2D eigenvalue weighted by Crippen LogP contribution is -2.40. The summed E-state index contributed by atoms with van der Waals surface area (Å²) in [6.07, 6.45) is 2.58. The molecule has 1 aliphatic rings. The van der Waals surface area contributed by atoms with Gasteiger partial charge in [0.1, 0.15) is 0 Å². The predicted octanol–water partition coefficient (Wildman–Crippen LogP) is 1.04. The first kappa shape index (κ1) is 15.0. The first-order chi connectivity index (χ1) is 8.58. The third-order valence-electron chi connectivity index (χ3n) is 3.32. The van der Waals surface area contributed by atoms with Crippen LogP contribution in [0.1, 0.15) is 33.1 Å². The summed E-state index contributed by atoms with van der Waals surface area (Å²) >= 11 is 0. The van der Waals surface area contributed by atoms with E-state index in [1.165, 1.54) is 0 Å². The average molecular weight is 256 g/mol. The van der Waals surface area contributed by atoms with Crippen LogP contribution in [-0.2, 0) is 9.59 Å². The van der Waals surface area contributed by atoms with Crippen LogP contribution in [0.2, 0.25) is 0 Å². The van der Waals surface area contributed by atoms with Crippen LogP contribution in [0, 0.1) is 5.92 Å². The van der Waals surface area contributed by atoms with Gasteiger partial charge in [-0.05, 0) is 25.8 Å². The van der Waals surface area contributed by atoms with E-state index >= 15 is 0 Å². The normalized spacial score (nSPS) is 20.0. The highest BCUT2D eigenvalue weighted by Gasteiger charge is 2.29. The summed E-state index contributed by atoms with van der Waals surface area (Å²) in [7, 11) is 0. The fraction of sp³-hybridized carbons (Fsp3) is 0.846. The zero-order chi connectivity index (χ0) is 13.5. The fourth-order valence-corrected chi connectivity index (χ4v) is 2.37. The van der Waals surface area contributed by atoms with E-state index in [9.17, 15) is 9.59 Å². The largest absolute Gasteiger partial charge is 0.481 e. The molecule has 18 heavy (non-hydrogen) atoms. The second kappa shape index (κ2) is 7.36. The summed E-state index contributed by atoms with van der Waals surface area (Å²) in [6, 6.07) is 0. The van der Waals surface area contributed by atoms with Gasteiger partial charge in [0, 0.05) is 19.6 Å². The standard InChI is InChI=1S/C13H24N2O3/c1-3-6-15(7-4-2)12(16)10-14-8-5-11(9-14)13(17)18/h11H,3-10H2,1-2H3,(H,17,18). The second-order valence-electron chi connectivity index (χ2n) is 4.94. The van der Waals surface area contributed by atoms with Crippen molar-refractivity contribution in [3.8, 4) is 0 Å². The molecule has 1 unspecified atom stereocenters. The van der Waals surface area contributed by atoms with Gasteiger partial charge in [-0.3, -0.25) is 14.5 Å². The minimum atomic E-state index is -0.746. The summed E-state index contributed by atoms with van der Waals surface area (Å²) in [5.41, 5.74) is 0. The Kier molecular flexibility index (Phi) is 6.12. The molecule has 0 aromatic heterocycles. The second-order valence-corrected chi connectivity index (χ2v) is 4.94. The Hall–Kier alpha value is -1.10. The van der Waals surface area contributed by atoms with E-state index in [2.05, 4.69) is 13.8 Å². The zero-order valence-electron chi connectivity index (χ0n) is 11.4. The predicted molar refractivity (Wildman–Crippen MR) is 69.3 cm³/mol. The number of carboxylic acids is 1. The van der Waals surface area contributed by atoms with Gasteiger partial charge < -0.3 is 10.0 Å². The summed E-state index contributed by atoms with van der Waals surface area (Å²) in [5.74, 6) is -0.919. The van der Waals surface area contributed by atoms with Crippen molar-refractivity contribution >= 4 is 11.9 Å². The molecule has 104 valence electrons. The van der Waals surface area contributed by atoms with Crippen LogP contribution in [0.5, 0.6) is 0 Å². The van der Waals surface area contributed by atoms with E-state index in [0.29, 0.717) is 19.5 Å². The lowest BCUT2D eigenvalue weighted by Gasteiger charge is -2.24. The number of amides is 1. The molecule has 0 saturated carbocycles. The van der Waals surface area contributed by atoms with Gasteiger partial charge in [-0.25, -0.2) is 0 Å². The molecule has 1 saturated heterocycles. The number of carbonyl (C=O) groups is 2. The maximum Gasteiger partial charge on any atom is 0.307 e. The number of carbonyl (C=O) groups excluding carboxylic acids is 1. The van der Waals surface area contributed by atoms with Crippen LogP contribution in [0.25, 0.3) is 0 Å². The topological polar surface area (TPSA) is 60.9 Å². The molecule has 1 rings (SSSR count). The van der Waals surface area contributed by atoms with Crippen molar-refractivity contribution in [2.45, 2.75) is 33.1 Å². The van der Waals surface area contributed by atoms with Gasteiger partial charge in [-0.15, -0.1) is 0 Å². The Morgan fingerprint density at radius 2 is 1.89 bits per heavy atom. The quantitative estimate of drug-likeness (QED) is 0.739. The number of hydrogen-bond donors (Lipinski definition) is 1. The van der Waals surface area contributed by atoms with Gasteiger partial charge >= 0.3 is 5.97 Å². The molecule has 5 nitrogen and oxygen atoms in total. The molecule has 0 aromatic rings. The molecule has 5 heteroatoms. The molecular formula is C13H24N2O3. The summed E-state index contributed by atoms with van der Waals surface area (Å²) in [4.78, 5) is 26.8. The van der Waals surface area contributed by atoms with Crippen molar-refractivity contribution in [3.05, 3.63) is 0 Å². The summed E-state index contributed by atoms with van der Waals surface area (Å²) < 4.78 is 0. The van der Waals surface area contributed by atoms with Gasteiger partial charge in [0.05, 0.1) is 12.5 Å². The minimum absolute atomic E-state index is 0.129. The average Bonchev–Trinajstić information content (AvgIpc) is 2.77. The third kappa shape index (κ3) is 4.29. The molecule has 1 aliphatic heterocycles. The van der Waals surface area contributed by atoms with Crippen molar-refractivity contribution in [1.82, 2.24) is 9.80 Å². The highest BCUT2D eigenvalue weighted by atomic mass is 16.4. The molecule has 0 aromatic carbocycles. The molecule has 1 N–H and O–H groups in total. The van der Waals surface area contributed by atoms with E-state index in [1.54, 1.807) is 0 Å². The molecule has 1 atom stereocenters. The van der Waals surface area contributed by atoms with Crippen LogP contribution in [-0.4, -0.2) is 59.5 Å². The SMILES string of the molecule is CCCN(CCC)C(=O)CN1CCC(C(=O)O)C1. The van der Waals surface area contributed by atoms with E-state index in [0.717, 1.165) is 32.5 Å². The number of rotatable bonds is 7. The van der Waals surface area contributed by atoms with Crippen LogP contribution in [0.15, 0.2) is 0 Å². The van der Waals surface area contributed by atoms with Crippen molar-refractivity contribution < 1.29 is 14.7 Å². The number of aliphatic carboxylic acids is 1. The Labute approximate surface area is 109 Å². The van der Waals surface area contributed by atoms with Crippen LogP contribution >= 0.6 is 0 Å². The molecule has 0 spiro atoms. The molecule has 1 amide bonds. The Morgan fingerprint density at radius 1 is 1.28 bits per heavy atom. The van der Waals surface area contributed by atoms with Gasteiger partial charge in [-0.1, -0.05) is 13.8 Å². The molecule has 1 heterocycles. The molecule has 0 aliphatic carbocycles. The lowest BCUT2D eigenvalue weighted by molar-refractivity contribution is -0.141. The van der Waals surface area contributed by atoms with E-state index < -0.39 is 5.97 Å². The van der Waals surface area contributed by atoms with Crippen LogP contribution in [0.4, 0.5) is 0 Å². The van der Waals surface area contributed by atoms with Crippen molar-refractivity contribution in [1.29, 1.82) is 0 Å². The van der Waals surface area contributed by atoms with Crippen molar-refractivity contribution in [2.75, 3.05) is 32.7 Å². The molecule has 0 radical (unpaired) electrons. The monoisotopic (exact) mass is 256 g/mol. The minimum Gasteiger partial charge on any atom is -0.481 e. The molecule has 0 bridgehead atoms. The van der Waals surface area contributed by atoms with E-state index in [1.807, 2.05) is 9.80 Å². The van der Waals surface area contributed by atoms with Crippen LogP contribution < -0.4 is 0 Å². The number of nitrogens with zero attached hydrogens (tertiary/aromatic N) is 2. The smallest absolute Gasteiger partial charge is 0.307 e. The highest BCUT2D eigenvalue weighted by Crippen LogP contribution is 2.16. The van der Waals surface area contributed by atoms with Gasteiger partial charge in [0.2, 0.25) is 5.91 Å². The van der Waals surface area contributed by atoms with E-state index in [4.69, 9.17) is 5.11 Å². The first-order valence-corrected chi connectivity index (χ1v) is 6.81. The number of hydrogen-bond acceptors (Lipinski definition) is 3. The van der Waals surface area contributed by atoms with Crippen molar-refractivity contribution in [2.24, 2.45) is 5.92 Å². The van der Waals surface area contributed by atoms with Gasteiger partial charge in [-0.2, -0.15) is 0 Å². The zero-order valence-corrected chi connectivity index (χ0v) is 11.4. The number of carboxylic acid groups (broad SMARTS) is 1. The van der Waals surface area contributed by atoms with Gasteiger partial charge in [0.15, 0.2) is 0 Å². The maximum atomic E-state index is 12.1.